The fourth-order valence-corrected chi connectivity index (χ4v) is 3.40. The summed E-state index contributed by atoms with van der Waals surface area (Å²) >= 11 is 0. The maximum absolute atomic E-state index is 13.7. The molecule has 0 radical (unpaired) electrons. The fourth-order valence-electron chi connectivity index (χ4n) is 3.40. The third-order valence-electron chi connectivity index (χ3n) is 5.10. The number of aliphatic imine (C=N–C) groups is 1. The van der Waals surface area contributed by atoms with Gasteiger partial charge in [0.05, 0.1) is 24.8 Å². The zero-order valence-electron chi connectivity index (χ0n) is 17.2. The van der Waals surface area contributed by atoms with Gasteiger partial charge in [0, 0.05) is 32.4 Å². The van der Waals surface area contributed by atoms with Gasteiger partial charge in [0.2, 0.25) is 0 Å². The van der Waals surface area contributed by atoms with E-state index in [9.17, 15) is 13.2 Å². The Balaban J connectivity index is 1.71. The lowest BCUT2D eigenvalue weighted by molar-refractivity contribution is -0.138. The number of ether oxygens (including phenoxy) is 1. The standard InChI is InChI=1S/C22H27F3N4O/c1-16(17-6-4-3-5-7-17)28-21(26-2)27-15-18-8-9-19(14-20(18)22(23,24)25)29-10-12-30-13-11-29/h3-9,14,16H,10-13,15H2,1-2H3,(H2,26,27,28). The highest BCUT2D eigenvalue weighted by molar-refractivity contribution is 5.80. The number of benzene rings is 2. The highest BCUT2D eigenvalue weighted by Gasteiger charge is 2.34. The summed E-state index contributed by atoms with van der Waals surface area (Å²) in [6, 6.07) is 14.2. The van der Waals surface area contributed by atoms with Crippen LogP contribution in [0, 0.1) is 0 Å². The van der Waals surface area contributed by atoms with Crippen LogP contribution in [0.4, 0.5) is 18.9 Å². The Bertz CT molecular complexity index is 849. The zero-order valence-corrected chi connectivity index (χ0v) is 17.2. The van der Waals surface area contributed by atoms with Crippen LogP contribution in [0.2, 0.25) is 0 Å². The van der Waals surface area contributed by atoms with Crippen LogP contribution in [0.25, 0.3) is 0 Å². The number of morpholine rings is 1. The van der Waals surface area contributed by atoms with E-state index in [4.69, 9.17) is 4.74 Å². The van der Waals surface area contributed by atoms with Gasteiger partial charge in [0.1, 0.15) is 0 Å². The van der Waals surface area contributed by atoms with Crippen molar-refractivity contribution < 1.29 is 17.9 Å². The van der Waals surface area contributed by atoms with Crippen molar-refractivity contribution in [2.24, 2.45) is 4.99 Å². The molecular weight excluding hydrogens is 393 g/mol. The zero-order chi connectivity index (χ0) is 21.6. The van der Waals surface area contributed by atoms with E-state index >= 15 is 0 Å². The number of anilines is 1. The minimum atomic E-state index is -4.44. The molecule has 0 aromatic heterocycles. The summed E-state index contributed by atoms with van der Waals surface area (Å²) in [5.41, 5.74) is 1.17. The van der Waals surface area contributed by atoms with Gasteiger partial charge in [-0.3, -0.25) is 4.99 Å². The molecule has 1 unspecified atom stereocenters. The first-order valence-electron chi connectivity index (χ1n) is 9.93. The molecule has 1 fully saturated rings. The third kappa shape index (κ3) is 5.66. The predicted molar refractivity (Wildman–Crippen MR) is 113 cm³/mol. The Hall–Kier alpha value is -2.74. The molecule has 1 atom stereocenters. The SMILES string of the molecule is CN=C(NCc1ccc(N2CCOCC2)cc1C(F)(F)F)NC(C)c1ccccc1. The van der Waals surface area contributed by atoms with E-state index in [2.05, 4.69) is 15.6 Å². The lowest BCUT2D eigenvalue weighted by atomic mass is 10.0. The van der Waals surface area contributed by atoms with Crippen LogP contribution >= 0.6 is 0 Å². The van der Waals surface area contributed by atoms with Crippen LogP contribution in [-0.2, 0) is 17.5 Å². The number of alkyl halides is 3. The number of nitrogens with zero attached hydrogens (tertiary/aromatic N) is 2. The molecule has 2 aromatic rings. The number of hydrogen-bond donors (Lipinski definition) is 2. The molecule has 0 bridgehead atoms. The van der Waals surface area contributed by atoms with E-state index in [1.807, 2.05) is 42.2 Å². The van der Waals surface area contributed by atoms with Crippen LogP contribution < -0.4 is 15.5 Å². The molecular formula is C22H27F3N4O. The average Bonchev–Trinajstić information content (AvgIpc) is 2.77. The minimum Gasteiger partial charge on any atom is -0.378 e. The number of rotatable bonds is 5. The Kier molecular flexibility index (Phi) is 7.20. The van der Waals surface area contributed by atoms with Crippen LogP contribution in [0.3, 0.4) is 0 Å². The summed E-state index contributed by atoms with van der Waals surface area (Å²) in [7, 11) is 1.60. The molecule has 1 saturated heterocycles. The normalized spacial score (nSPS) is 16.3. The average molecular weight is 420 g/mol. The molecule has 162 valence electrons. The third-order valence-corrected chi connectivity index (χ3v) is 5.10. The Morgan fingerprint density at radius 2 is 1.83 bits per heavy atom. The molecule has 1 heterocycles. The molecule has 30 heavy (non-hydrogen) atoms. The summed E-state index contributed by atoms with van der Waals surface area (Å²) in [5, 5.41) is 6.21. The number of halogens is 3. The lowest BCUT2D eigenvalue weighted by Crippen LogP contribution is -2.38. The smallest absolute Gasteiger partial charge is 0.378 e. The predicted octanol–water partition coefficient (Wildman–Crippen LogP) is 3.97. The van der Waals surface area contributed by atoms with Crippen molar-refractivity contribution in [1.29, 1.82) is 0 Å². The molecule has 0 saturated carbocycles. The van der Waals surface area contributed by atoms with Crippen molar-refractivity contribution in [2.45, 2.75) is 25.7 Å². The second-order valence-corrected chi connectivity index (χ2v) is 7.14. The van der Waals surface area contributed by atoms with Gasteiger partial charge in [-0.1, -0.05) is 36.4 Å². The summed E-state index contributed by atoms with van der Waals surface area (Å²) in [4.78, 5) is 6.06. The quantitative estimate of drug-likeness (QED) is 0.568. The highest BCUT2D eigenvalue weighted by Crippen LogP contribution is 2.35. The van der Waals surface area contributed by atoms with Gasteiger partial charge in [-0.2, -0.15) is 13.2 Å². The van der Waals surface area contributed by atoms with E-state index in [0.717, 1.165) is 5.56 Å². The first-order valence-corrected chi connectivity index (χ1v) is 9.93. The molecule has 0 spiro atoms. The van der Waals surface area contributed by atoms with Gasteiger partial charge in [0.15, 0.2) is 5.96 Å². The van der Waals surface area contributed by atoms with Crippen LogP contribution in [0.1, 0.15) is 29.7 Å². The first kappa shape index (κ1) is 22.0. The van der Waals surface area contributed by atoms with Gasteiger partial charge in [-0.05, 0) is 30.2 Å². The molecule has 3 rings (SSSR count). The number of guanidine groups is 1. The highest BCUT2D eigenvalue weighted by atomic mass is 19.4. The Morgan fingerprint density at radius 1 is 1.13 bits per heavy atom. The molecule has 1 aliphatic heterocycles. The number of hydrogen-bond acceptors (Lipinski definition) is 3. The molecule has 2 aromatic carbocycles. The maximum Gasteiger partial charge on any atom is 0.416 e. The van der Waals surface area contributed by atoms with Gasteiger partial charge in [-0.15, -0.1) is 0 Å². The van der Waals surface area contributed by atoms with E-state index in [1.54, 1.807) is 13.1 Å². The molecule has 1 aliphatic rings. The summed E-state index contributed by atoms with van der Waals surface area (Å²) in [5.74, 6) is 0.441. The van der Waals surface area contributed by atoms with Crippen molar-refractivity contribution >= 4 is 11.6 Å². The largest absolute Gasteiger partial charge is 0.416 e. The van der Waals surface area contributed by atoms with Crippen LogP contribution in [0.5, 0.6) is 0 Å². The van der Waals surface area contributed by atoms with E-state index < -0.39 is 11.7 Å². The van der Waals surface area contributed by atoms with Gasteiger partial charge >= 0.3 is 6.18 Å². The van der Waals surface area contributed by atoms with Gasteiger partial charge in [-0.25, -0.2) is 0 Å². The molecule has 0 amide bonds. The lowest BCUT2D eigenvalue weighted by Gasteiger charge is -2.30. The topological polar surface area (TPSA) is 48.9 Å². The summed E-state index contributed by atoms with van der Waals surface area (Å²) < 4.78 is 46.4. The molecule has 2 N–H and O–H groups in total. The van der Waals surface area contributed by atoms with Crippen molar-refractivity contribution in [3.8, 4) is 0 Å². The van der Waals surface area contributed by atoms with E-state index in [0.29, 0.717) is 38.0 Å². The van der Waals surface area contributed by atoms with Crippen LogP contribution in [-0.4, -0.2) is 39.3 Å². The number of nitrogens with one attached hydrogen (secondary N) is 2. The second kappa shape index (κ2) is 9.84. The van der Waals surface area contributed by atoms with Gasteiger partial charge in [0.25, 0.3) is 0 Å². The Labute approximate surface area is 174 Å². The monoisotopic (exact) mass is 420 g/mol. The van der Waals surface area contributed by atoms with Crippen LogP contribution in [0.15, 0.2) is 53.5 Å². The first-order chi connectivity index (χ1) is 14.4. The minimum absolute atomic E-state index is 0.0133. The second-order valence-electron chi connectivity index (χ2n) is 7.14. The molecule has 5 nitrogen and oxygen atoms in total. The van der Waals surface area contributed by atoms with Crippen molar-refractivity contribution in [3.63, 3.8) is 0 Å². The summed E-state index contributed by atoms with van der Waals surface area (Å²) in [6.07, 6.45) is -4.44. The van der Waals surface area contributed by atoms with E-state index in [1.165, 1.54) is 12.1 Å². The van der Waals surface area contributed by atoms with E-state index in [-0.39, 0.29) is 18.2 Å². The van der Waals surface area contributed by atoms with Crippen molar-refractivity contribution in [3.05, 3.63) is 65.2 Å². The summed E-state index contributed by atoms with van der Waals surface area (Å²) in [6.45, 7) is 4.20. The maximum atomic E-state index is 13.7. The molecule has 8 heteroatoms. The van der Waals surface area contributed by atoms with Crippen molar-refractivity contribution in [2.75, 3.05) is 38.3 Å². The Morgan fingerprint density at radius 3 is 2.47 bits per heavy atom. The molecule has 0 aliphatic carbocycles. The fraction of sp³-hybridized carbons (Fsp3) is 0.409. The van der Waals surface area contributed by atoms with Gasteiger partial charge < -0.3 is 20.3 Å². The van der Waals surface area contributed by atoms with Crippen molar-refractivity contribution in [1.82, 2.24) is 10.6 Å².